The van der Waals surface area contributed by atoms with Crippen LogP contribution in [0.25, 0.3) is 0 Å². The fraction of sp³-hybridized carbons (Fsp3) is 0.263. The van der Waals surface area contributed by atoms with Crippen molar-refractivity contribution in [2.75, 3.05) is 11.9 Å². The number of nitrogens with zero attached hydrogens (tertiary/aromatic N) is 4. The number of nitro groups is 1. The Morgan fingerprint density at radius 2 is 2.19 bits per heavy atom. The Labute approximate surface area is 180 Å². The summed E-state index contributed by atoms with van der Waals surface area (Å²) in [4.78, 5) is 33.9. The summed E-state index contributed by atoms with van der Waals surface area (Å²) in [5.41, 5.74) is 1.15. The van der Waals surface area contributed by atoms with Crippen molar-refractivity contribution in [1.29, 1.82) is 0 Å². The molecule has 0 bridgehead atoms. The van der Waals surface area contributed by atoms with Gasteiger partial charge >= 0.3 is 6.16 Å². The molecule has 1 saturated heterocycles. The number of carboxylic acid groups (broad SMARTS) is 1. The van der Waals surface area contributed by atoms with E-state index in [1.807, 2.05) is 0 Å². The minimum Gasteiger partial charge on any atom is -0.449 e. The first kappa shape index (κ1) is 21.0. The van der Waals surface area contributed by atoms with E-state index < -0.39 is 17.2 Å². The molecule has 0 saturated carbocycles. The Kier molecular flexibility index (Phi) is 5.55. The number of hydrogen-bond donors (Lipinski definition) is 3. The highest BCUT2D eigenvalue weighted by atomic mass is 16.7. The van der Waals surface area contributed by atoms with E-state index in [0.29, 0.717) is 29.2 Å². The van der Waals surface area contributed by atoms with Crippen LogP contribution in [0, 0.1) is 10.1 Å². The Bertz CT molecular complexity index is 1190. The van der Waals surface area contributed by atoms with E-state index in [-0.39, 0.29) is 29.9 Å². The number of rotatable bonds is 6. The van der Waals surface area contributed by atoms with Crippen molar-refractivity contribution in [3.8, 4) is 5.75 Å². The van der Waals surface area contributed by atoms with Gasteiger partial charge in [0.2, 0.25) is 0 Å². The lowest BCUT2D eigenvalue weighted by atomic mass is 9.94. The van der Waals surface area contributed by atoms with E-state index in [4.69, 9.17) is 14.6 Å². The molecule has 1 aliphatic heterocycles. The lowest BCUT2D eigenvalue weighted by Gasteiger charge is -2.13. The average Bonchev–Trinajstić information content (AvgIpc) is 3.48. The van der Waals surface area contributed by atoms with E-state index >= 15 is 0 Å². The molecule has 1 aliphatic rings. The third kappa shape index (κ3) is 4.27. The maximum Gasteiger partial charge on any atom is 0.511 e. The molecule has 13 nitrogen and oxygen atoms in total. The van der Waals surface area contributed by atoms with Gasteiger partial charge in [0.25, 0.3) is 11.6 Å². The monoisotopic (exact) mass is 442 g/mol. The van der Waals surface area contributed by atoms with Gasteiger partial charge in [-0.2, -0.15) is 10.2 Å². The number of aromatic amines is 1. The van der Waals surface area contributed by atoms with E-state index in [1.54, 1.807) is 19.2 Å². The third-order valence-electron chi connectivity index (χ3n) is 5.08. The second-order valence-corrected chi connectivity index (χ2v) is 7.10. The summed E-state index contributed by atoms with van der Waals surface area (Å²) >= 11 is 0. The van der Waals surface area contributed by atoms with Crippen LogP contribution in [-0.4, -0.2) is 48.7 Å². The molecular weight excluding hydrogens is 424 g/mol. The number of non-ortho nitro benzene ring substituents is 1. The van der Waals surface area contributed by atoms with Gasteiger partial charge in [-0.05, 0) is 18.6 Å². The SMILES string of the molecule is Cn1nccc1C(=O)Nc1cc([C@@H]2C[C@H](c3cc([N+](=O)[O-])ccc3OC(=O)O)CO2)[nH]n1. The van der Waals surface area contributed by atoms with Gasteiger partial charge in [0.1, 0.15) is 11.4 Å². The zero-order valence-electron chi connectivity index (χ0n) is 16.7. The predicted octanol–water partition coefficient (Wildman–Crippen LogP) is 2.61. The van der Waals surface area contributed by atoms with Crippen LogP contribution in [-0.2, 0) is 11.8 Å². The molecule has 13 heteroatoms. The van der Waals surface area contributed by atoms with E-state index in [2.05, 4.69) is 20.6 Å². The van der Waals surface area contributed by atoms with Gasteiger partial charge in [0.05, 0.1) is 23.3 Å². The quantitative estimate of drug-likeness (QED) is 0.224. The highest BCUT2D eigenvalue weighted by Crippen LogP contribution is 2.42. The van der Waals surface area contributed by atoms with E-state index in [1.165, 1.54) is 29.1 Å². The Morgan fingerprint density at radius 3 is 2.88 bits per heavy atom. The number of aryl methyl sites for hydroxylation is 1. The molecular formula is C19H18N6O7. The van der Waals surface area contributed by atoms with Crippen molar-refractivity contribution in [1.82, 2.24) is 20.0 Å². The van der Waals surface area contributed by atoms with Crippen molar-refractivity contribution < 1.29 is 29.1 Å². The number of aromatic nitrogens is 4. The number of nitro benzene ring substituents is 1. The zero-order chi connectivity index (χ0) is 22.8. The molecule has 3 aromatic rings. The predicted molar refractivity (Wildman–Crippen MR) is 108 cm³/mol. The normalized spacial score (nSPS) is 17.8. The first-order chi connectivity index (χ1) is 15.3. The first-order valence-corrected chi connectivity index (χ1v) is 9.47. The standard InChI is InChI=1S/C19H18N6O7/c1-24-14(4-5-20-24)18(26)21-17-8-13(22-23-17)16-6-10(9-31-16)12-7-11(25(29)30)2-3-15(12)32-19(27)28/h2-5,7-8,10,16H,6,9H2,1H3,(H,27,28)(H2,21,22,23,26)/t10-,16-/m0/s1. The molecule has 1 amide bonds. The molecule has 0 unspecified atom stereocenters. The van der Waals surface area contributed by atoms with Crippen LogP contribution in [0.3, 0.4) is 0 Å². The molecule has 1 fully saturated rings. The van der Waals surface area contributed by atoms with Crippen molar-refractivity contribution in [3.05, 3.63) is 63.6 Å². The van der Waals surface area contributed by atoms with Crippen molar-refractivity contribution in [3.63, 3.8) is 0 Å². The molecule has 166 valence electrons. The summed E-state index contributed by atoms with van der Waals surface area (Å²) in [5, 5.41) is 33.6. The van der Waals surface area contributed by atoms with Gasteiger partial charge in [-0.25, -0.2) is 4.79 Å². The highest BCUT2D eigenvalue weighted by molar-refractivity contribution is 6.02. The van der Waals surface area contributed by atoms with Gasteiger partial charge in [-0.1, -0.05) is 0 Å². The Morgan fingerprint density at radius 1 is 1.38 bits per heavy atom. The lowest BCUT2D eigenvalue weighted by molar-refractivity contribution is -0.385. The molecule has 3 heterocycles. The maximum absolute atomic E-state index is 12.3. The van der Waals surface area contributed by atoms with Crippen LogP contribution in [0.1, 0.15) is 40.2 Å². The van der Waals surface area contributed by atoms with Gasteiger partial charge in [0.15, 0.2) is 5.82 Å². The minimum atomic E-state index is -1.52. The molecule has 0 radical (unpaired) electrons. The van der Waals surface area contributed by atoms with Crippen LogP contribution >= 0.6 is 0 Å². The summed E-state index contributed by atoms with van der Waals surface area (Å²) in [7, 11) is 1.65. The van der Waals surface area contributed by atoms with Gasteiger partial charge in [-0.3, -0.25) is 24.7 Å². The summed E-state index contributed by atoms with van der Waals surface area (Å²) < 4.78 is 12.0. The topological polar surface area (TPSA) is 174 Å². The lowest BCUT2D eigenvalue weighted by Crippen LogP contribution is -2.16. The number of amides is 1. The number of ether oxygens (including phenoxy) is 2. The van der Waals surface area contributed by atoms with Crippen LogP contribution in [0.15, 0.2) is 36.5 Å². The van der Waals surface area contributed by atoms with Crippen molar-refractivity contribution in [2.45, 2.75) is 18.4 Å². The van der Waals surface area contributed by atoms with E-state index in [9.17, 15) is 19.7 Å². The maximum atomic E-state index is 12.3. The second kappa shape index (κ2) is 8.47. The largest absolute Gasteiger partial charge is 0.511 e. The number of benzene rings is 1. The van der Waals surface area contributed by atoms with Gasteiger partial charge < -0.3 is 19.9 Å². The zero-order valence-corrected chi connectivity index (χ0v) is 16.7. The Balaban J connectivity index is 1.49. The fourth-order valence-electron chi connectivity index (χ4n) is 3.56. The summed E-state index contributed by atoms with van der Waals surface area (Å²) in [5.74, 6) is -0.403. The molecule has 1 aromatic carbocycles. The first-order valence-electron chi connectivity index (χ1n) is 9.47. The number of nitrogens with one attached hydrogen (secondary N) is 2. The molecule has 4 rings (SSSR count). The average molecular weight is 442 g/mol. The Hall–Kier alpha value is -4.26. The number of hydrogen-bond acceptors (Lipinski definition) is 8. The smallest absolute Gasteiger partial charge is 0.449 e. The second-order valence-electron chi connectivity index (χ2n) is 7.10. The minimum absolute atomic E-state index is 0.0195. The summed E-state index contributed by atoms with van der Waals surface area (Å²) in [6, 6.07) is 6.94. The molecule has 3 N–H and O–H groups in total. The summed E-state index contributed by atoms with van der Waals surface area (Å²) in [6.45, 7) is 0.192. The van der Waals surface area contributed by atoms with Crippen LogP contribution in [0.5, 0.6) is 5.75 Å². The fourth-order valence-corrected chi connectivity index (χ4v) is 3.56. The number of H-pyrrole nitrogens is 1. The third-order valence-corrected chi connectivity index (χ3v) is 5.08. The molecule has 2 aromatic heterocycles. The van der Waals surface area contributed by atoms with Crippen LogP contribution in [0.4, 0.5) is 16.3 Å². The van der Waals surface area contributed by atoms with E-state index in [0.717, 1.165) is 0 Å². The van der Waals surface area contributed by atoms with Gasteiger partial charge in [-0.15, -0.1) is 0 Å². The molecule has 2 atom stereocenters. The highest BCUT2D eigenvalue weighted by Gasteiger charge is 2.32. The molecule has 0 spiro atoms. The number of anilines is 1. The van der Waals surface area contributed by atoms with Crippen LogP contribution in [0.2, 0.25) is 0 Å². The van der Waals surface area contributed by atoms with Crippen molar-refractivity contribution >= 4 is 23.6 Å². The molecule has 32 heavy (non-hydrogen) atoms. The van der Waals surface area contributed by atoms with Gasteiger partial charge in [0, 0.05) is 42.9 Å². The number of carbonyl (C=O) groups is 2. The van der Waals surface area contributed by atoms with Crippen molar-refractivity contribution in [2.24, 2.45) is 7.05 Å². The molecule has 0 aliphatic carbocycles. The summed E-state index contributed by atoms with van der Waals surface area (Å²) in [6.07, 6.45) is -0.0491. The number of carbonyl (C=O) groups excluding carboxylic acids is 1. The van der Waals surface area contributed by atoms with Crippen LogP contribution < -0.4 is 10.1 Å².